The Morgan fingerprint density at radius 3 is 2.71 bits per heavy atom. The van der Waals surface area contributed by atoms with Crippen LogP contribution in [0.1, 0.15) is 25.1 Å². The Morgan fingerprint density at radius 2 is 2.00 bits per heavy atom. The van der Waals surface area contributed by atoms with Crippen molar-refractivity contribution in [2.75, 3.05) is 13.1 Å². The summed E-state index contributed by atoms with van der Waals surface area (Å²) in [5, 5.41) is 3.49. The minimum Gasteiger partial charge on any atom is -0.315 e. The Labute approximate surface area is 125 Å². The lowest BCUT2D eigenvalue weighted by molar-refractivity contribution is 0.183. The number of imidazole rings is 1. The molecule has 1 saturated heterocycles. The number of nitrogens with zero attached hydrogens (tertiary/aromatic N) is 3. The topological polar surface area (TPSA) is 33.1 Å². The van der Waals surface area contributed by atoms with Gasteiger partial charge in [-0.15, -0.1) is 0 Å². The smallest absolute Gasteiger partial charge is 0.127 e. The summed E-state index contributed by atoms with van der Waals surface area (Å²) in [6.07, 6.45) is 7.95. The van der Waals surface area contributed by atoms with E-state index in [9.17, 15) is 0 Å². The number of aromatic nitrogens is 2. The minimum atomic E-state index is 0.679. The summed E-state index contributed by atoms with van der Waals surface area (Å²) < 4.78 is 2.22. The van der Waals surface area contributed by atoms with Crippen LogP contribution < -0.4 is 5.32 Å². The molecular formula is C17H22N4. The summed E-state index contributed by atoms with van der Waals surface area (Å²) in [6, 6.07) is 12.0. The second-order valence-electron chi connectivity index (χ2n) is 6.10. The Morgan fingerprint density at radius 1 is 1.14 bits per heavy atom. The summed E-state index contributed by atoms with van der Waals surface area (Å²) in [7, 11) is 0. The summed E-state index contributed by atoms with van der Waals surface area (Å²) >= 11 is 0. The molecule has 21 heavy (non-hydrogen) atoms. The molecule has 2 fully saturated rings. The van der Waals surface area contributed by atoms with Crippen LogP contribution in [0, 0.1) is 0 Å². The molecule has 4 rings (SSSR count). The van der Waals surface area contributed by atoms with Gasteiger partial charge in [-0.1, -0.05) is 18.2 Å². The first kappa shape index (κ1) is 13.0. The third-order valence-electron chi connectivity index (χ3n) is 4.59. The van der Waals surface area contributed by atoms with Crippen LogP contribution >= 0.6 is 0 Å². The van der Waals surface area contributed by atoms with Crippen LogP contribution in [0.25, 0.3) is 5.69 Å². The predicted octanol–water partition coefficient (Wildman–Crippen LogP) is 2.20. The number of nitrogens with one attached hydrogen (secondary N) is 1. The van der Waals surface area contributed by atoms with Crippen molar-refractivity contribution < 1.29 is 0 Å². The van der Waals surface area contributed by atoms with Gasteiger partial charge in [0.05, 0.1) is 6.54 Å². The molecule has 0 amide bonds. The monoisotopic (exact) mass is 282 g/mol. The molecule has 1 atom stereocenters. The first-order valence-corrected chi connectivity index (χ1v) is 7.96. The molecule has 0 bridgehead atoms. The third-order valence-corrected chi connectivity index (χ3v) is 4.59. The number of hydrogen-bond donors (Lipinski definition) is 1. The van der Waals surface area contributed by atoms with Crippen LogP contribution in [-0.4, -0.2) is 39.6 Å². The SMILES string of the molecule is c1ccc(-n2ccnc2CN(C2CC2)C2CCNC2)cc1. The molecule has 4 heteroatoms. The van der Waals surface area contributed by atoms with E-state index in [2.05, 4.69) is 56.3 Å². The van der Waals surface area contributed by atoms with Gasteiger partial charge in [-0.25, -0.2) is 4.98 Å². The lowest BCUT2D eigenvalue weighted by atomic mass is 10.2. The van der Waals surface area contributed by atoms with Crippen LogP contribution in [0.5, 0.6) is 0 Å². The maximum atomic E-state index is 4.61. The van der Waals surface area contributed by atoms with Crippen LogP contribution in [0.4, 0.5) is 0 Å². The molecule has 2 aromatic rings. The van der Waals surface area contributed by atoms with E-state index in [0.717, 1.165) is 31.5 Å². The van der Waals surface area contributed by atoms with Crippen molar-refractivity contribution in [2.24, 2.45) is 0 Å². The van der Waals surface area contributed by atoms with Gasteiger partial charge in [-0.2, -0.15) is 0 Å². The number of rotatable bonds is 5. The van der Waals surface area contributed by atoms with Crippen LogP contribution in [0.2, 0.25) is 0 Å². The molecule has 1 aromatic carbocycles. The fourth-order valence-corrected chi connectivity index (χ4v) is 3.32. The quantitative estimate of drug-likeness (QED) is 0.912. The zero-order chi connectivity index (χ0) is 14.1. The second-order valence-corrected chi connectivity index (χ2v) is 6.10. The normalized spacial score (nSPS) is 22.0. The van der Waals surface area contributed by atoms with E-state index in [1.807, 2.05) is 6.20 Å². The summed E-state index contributed by atoms with van der Waals surface area (Å²) in [5.74, 6) is 1.15. The molecule has 110 valence electrons. The highest BCUT2D eigenvalue weighted by Crippen LogP contribution is 2.31. The van der Waals surface area contributed by atoms with E-state index >= 15 is 0 Å². The zero-order valence-electron chi connectivity index (χ0n) is 12.3. The fourth-order valence-electron chi connectivity index (χ4n) is 3.32. The lowest BCUT2D eigenvalue weighted by Crippen LogP contribution is -2.38. The molecule has 1 N–H and O–H groups in total. The number of hydrogen-bond acceptors (Lipinski definition) is 3. The maximum Gasteiger partial charge on any atom is 0.127 e. The standard InChI is InChI=1S/C17H22N4/c1-2-4-14(5-3-1)20-11-10-19-17(20)13-21(15-6-7-15)16-8-9-18-12-16/h1-5,10-11,15-16,18H,6-9,12-13H2. The molecule has 4 nitrogen and oxygen atoms in total. The average Bonchev–Trinajstić information content (AvgIpc) is 3.03. The van der Waals surface area contributed by atoms with Gasteiger partial charge in [0, 0.05) is 36.7 Å². The molecule has 1 aliphatic carbocycles. The van der Waals surface area contributed by atoms with Gasteiger partial charge in [0.25, 0.3) is 0 Å². The number of para-hydroxylation sites is 1. The molecule has 1 aromatic heterocycles. The summed E-state index contributed by atoms with van der Waals surface area (Å²) in [5.41, 5.74) is 1.20. The van der Waals surface area contributed by atoms with E-state index in [1.54, 1.807) is 0 Å². The largest absolute Gasteiger partial charge is 0.315 e. The summed E-state index contributed by atoms with van der Waals surface area (Å²) in [6.45, 7) is 3.24. The first-order chi connectivity index (χ1) is 10.4. The van der Waals surface area contributed by atoms with Gasteiger partial charge in [-0.05, 0) is 37.9 Å². The van der Waals surface area contributed by atoms with Crippen molar-refractivity contribution in [3.05, 3.63) is 48.5 Å². The van der Waals surface area contributed by atoms with Gasteiger partial charge in [-0.3, -0.25) is 4.90 Å². The molecular weight excluding hydrogens is 260 g/mol. The summed E-state index contributed by atoms with van der Waals surface area (Å²) in [4.78, 5) is 7.28. The van der Waals surface area contributed by atoms with E-state index in [-0.39, 0.29) is 0 Å². The van der Waals surface area contributed by atoms with Gasteiger partial charge >= 0.3 is 0 Å². The van der Waals surface area contributed by atoms with E-state index in [0.29, 0.717) is 6.04 Å². The van der Waals surface area contributed by atoms with E-state index < -0.39 is 0 Å². The molecule has 2 aliphatic rings. The van der Waals surface area contributed by atoms with Crippen molar-refractivity contribution in [3.8, 4) is 5.69 Å². The second kappa shape index (κ2) is 5.62. The van der Waals surface area contributed by atoms with Crippen molar-refractivity contribution in [1.82, 2.24) is 19.8 Å². The Balaban J connectivity index is 1.57. The average molecular weight is 282 g/mol. The van der Waals surface area contributed by atoms with E-state index in [4.69, 9.17) is 0 Å². The molecule has 1 unspecified atom stereocenters. The van der Waals surface area contributed by atoms with Crippen molar-refractivity contribution in [1.29, 1.82) is 0 Å². The zero-order valence-corrected chi connectivity index (χ0v) is 12.3. The third kappa shape index (κ3) is 2.74. The molecule has 0 spiro atoms. The molecule has 1 aliphatic heterocycles. The highest BCUT2D eigenvalue weighted by molar-refractivity contribution is 5.32. The van der Waals surface area contributed by atoms with Gasteiger partial charge < -0.3 is 9.88 Å². The molecule has 1 saturated carbocycles. The van der Waals surface area contributed by atoms with Crippen molar-refractivity contribution in [2.45, 2.75) is 37.9 Å². The molecule has 0 radical (unpaired) electrons. The maximum absolute atomic E-state index is 4.61. The minimum absolute atomic E-state index is 0.679. The van der Waals surface area contributed by atoms with Crippen LogP contribution in [0.15, 0.2) is 42.7 Å². The highest BCUT2D eigenvalue weighted by Gasteiger charge is 2.35. The fraction of sp³-hybridized carbons (Fsp3) is 0.471. The predicted molar refractivity (Wildman–Crippen MR) is 83.4 cm³/mol. The molecule has 2 heterocycles. The van der Waals surface area contributed by atoms with Gasteiger partial charge in [0.2, 0.25) is 0 Å². The Hall–Kier alpha value is -1.65. The Kier molecular flexibility index (Phi) is 3.49. The van der Waals surface area contributed by atoms with Gasteiger partial charge in [0.1, 0.15) is 5.82 Å². The Bertz CT molecular complexity index is 582. The lowest BCUT2D eigenvalue weighted by Gasteiger charge is -2.28. The number of benzene rings is 1. The van der Waals surface area contributed by atoms with Crippen LogP contribution in [0.3, 0.4) is 0 Å². The van der Waals surface area contributed by atoms with E-state index in [1.165, 1.54) is 24.9 Å². The highest BCUT2D eigenvalue weighted by atomic mass is 15.3. The van der Waals surface area contributed by atoms with Crippen molar-refractivity contribution >= 4 is 0 Å². The van der Waals surface area contributed by atoms with Gasteiger partial charge in [0.15, 0.2) is 0 Å². The first-order valence-electron chi connectivity index (χ1n) is 7.96. The van der Waals surface area contributed by atoms with Crippen LogP contribution in [-0.2, 0) is 6.54 Å². The van der Waals surface area contributed by atoms with Crippen molar-refractivity contribution in [3.63, 3.8) is 0 Å².